The molecule has 2 aromatic carbocycles. The molecule has 1 fully saturated rings. The number of hydrogen-bond acceptors (Lipinski definition) is 3. The molecule has 1 aliphatic heterocycles. The lowest BCUT2D eigenvalue weighted by atomic mass is 10.1. The molecule has 0 radical (unpaired) electrons. The lowest BCUT2D eigenvalue weighted by Gasteiger charge is -2.34. The van der Waals surface area contributed by atoms with E-state index in [1.807, 2.05) is 35.2 Å². The summed E-state index contributed by atoms with van der Waals surface area (Å²) in [7, 11) is 1.61. The quantitative estimate of drug-likeness (QED) is 0.742. The Kier molecular flexibility index (Phi) is 6.47. The molecule has 26 heavy (non-hydrogen) atoms. The minimum absolute atomic E-state index is 0.0512. The summed E-state index contributed by atoms with van der Waals surface area (Å²) in [4.78, 5) is 17.1. The fourth-order valence-corrected chi connectivity index (χ4v) is 3.42. The zero-order valence-electron chi connectivity index (χ0n) is 14.9. The van der Waals surface area contributed by atoms with Crippen molar-refractivity contribution in [3.63, 3.8) is 0 Å². The Bertz CT molecular complexity index is 769. The third-order valence-corrected chi connectivity index (χ3v) is 5.23. The SMILES string of the molecule is COc1ccc(Br)c(C(=O)N2CCN(C/C=C/c3ccccc3)CC2)c1. The highest BCUT2D eigenvalue weighted by atomic mass is 79.9. The second kappa shape index (κ2) is 9.01. The van der Waals surface area contributed by atoms with Gasteiger partial charge in [0.1, 0.15) is 5.75 Å². The maximum absolute atomic E-state index is 12.8. The monoisotopic (exact) mass is 414 g/mol. The van der Waals surface area contributed by atoms with E-state index in [-0.39, 0.29) is 5.91 Å². The Balaban J connectivity index is 1.53. The summed E-state index contributed by atoms with van der Waals surface area (Å²) in [6.07, 6.45) is 4.33. The van der Waals surface area contributed by atoms with Crippen LogP contribution in [0.25, 0.3) is 6.08 Å². The van der Waals surface area contributed by atoms with Crippen LogP contribution in [-0.4, -0.2) is 55.5 Å². The molecule has 1 saturated heterocycles. The smallest absolute Gasteiger partial charge is 0.255 e. The van der Waals surface area contributed by atoms with Crippen LogP contribution in [0.4, 0.5) is 0 Å². The summed E-state index contributed by atoms with van der Waals surface area (Å²) in [5.74, 6) is 0.747. The van der Waals surface area contributed by atoms with E-state index in [0.29, 0.717) is 11.3 Å². The fraction of sp³-hybridized carbons (Fsp3) is 0.286. The number of ether oxygens (including phenoxy) is 1. The number of benzene rings is 2. The summed E-state index contributed by atoms with van der Waals surface area (Å²) in [5, 5.41) is 0. The summed E-state index contributed by atoms with van der Waals surface area (Å²) < 4.78 is 6.04. The Morgan fingerprint density at radius 2 is 1.85 bits per heavy atom. The van der Waals surface area contributed by atoms with Gasteiger partial charge < -0.3 is 9.64 Å². The highest BCUT2D eigenvalue weighted by Crippen LogP contribution is 2.24. The van der Waals surface area contributed by atoms with Crippen LogP contribution in [0.1, 0.15) is 15.9 Å². The molecule has 3 rings (SSSR count). The van der Waals surface area contributed by atoms with Gasteiger partial charge in [0.25, 0.3) is 5.91 Å². The van der Waals surface area contributed by atoms with E-state index in [1.165, 1.54) is 5.56 Å². The molecule has 0 N–H and O–H groups in total. The highest BCUT2D eigenvalue weighted by molar-refractivity contribution is 9.10. The molecule has 1 amide bonds. The minimum Gasteiger partial charge on any atom is -0.497 e. The minimum atomic E-state index is 0.0512. The van der Waals surface area contributed by atoms with Gasteiger partial charge in [0, 0.05) is 37.2 Å². The van der Waals surface area contributed by atoms with Crippen molar-refractivity contribution in [3.8, 4) is 5.75 Å². The first-order valence-electron chi connectivity index (χ1n) is 8.74. The van der Waals surface area contributed by atoms with Crippen molar-refractivity contribution in [2.75, 3.05) is 39.8 Å². The summed E-state index contributed by atoms with van der Waals surface area (Å²) >= 11 is 3.47. The van der Waals surface area contributed by atoms with Crippen LogP contribution in [0.3, 0.4) is 0 Å². The number of carbonyl (C=O) groups excluding carboxylic acids is 1. The largest absolute Gasteiger partial charge is 0.497 e. The Morgan fingerprint density at radius 1 is 1.12 bits per heavy atom. The molecular weight excluding hydrogens is 392 g/mol. The maximum atomic E-state index is 12.8. The van der Waals surface area contributed by atoms with Gasteiger partial charge in [0.15, 0.2) is 0 Å². The highest BCUT2D eigenvalue weighted by Gasteiger charge is 2.23. The second-order valence-electron chi connectivity index (χ2n) is 6.25. The van der Waals surface area contributed by atoms with Gasteiger partial charge in [-0.05, 0) is 39.7 Å². The molecule has 0 atom stereocenters. The number of amides is 1. The molecular formula is C21H23BrN2O2. The third-order valence-electron chi connectivity index (χ3n) is 4.54. The molecule has 2 aromatic rings. The first-order valence-corrected chi connectivity index (χ1v) is 9.53. The number of hydrogen-bond donors (Lipinski definition) is 0. The third kappa shape index (κ3) is 4.74. The zero-order chi connectivity index (χ0) is 18.4. The number of methoxy groups -OCH3 is 1. The molecule has 0 spiro atoms. The Morgan fingerprint density at radius 3 is 2.54 bits per heavy atom. The van der Waals surface area contributed by atoms with Crippen LogP contribution in [-0.2, 0) is 0 Å². The van der Waals surface area contributed by atoms with Crippen molar-refractivity contribution >= 4 is 27.9 Å². The van der Waals surface area contributed by atoms with Crippen LogP contribution >= 0.6 is 15.9 Å². The van der Waals surface area contributed by atoms with E-state index in [1.54, 1.807) is 13.2 Å². The lowest BCUT2D eigenvalue weighted by Crippen LogP contribution is -2.48. The van der Waals surface area contributed by atoms with Crippen molar-refractivity contribution in [2.45, 2.75) is 0 Å². The summed E-state index contributed by atoms with van der Waals surface area (Å²) in [6, 6.07) is 15.8. The zero-order valence-corrected chi connectivity index (χ0v) is 16.5. The van der Waals surface area contributed by atoms with E-state index in [2.05, 4.69) is 45.1 Å². The lowest BCUT2D eigenvalue weighted by molar-refractivity contribution is 0.0649. The van der Waals surface area contributed by atoms with Crippen LogP contribution in [0.15, 0.2) is 59.1 Å². The molecule has 0 saturated carbocycles. The number of nitrogens with zero attached hydrogens (tertiary/aromatic N) is 2. The van der Waals surface area contributed by atoms with Crippen molar-refractivity contribution < 1.29 is 9.53 Å². The number of halogens is 1. The summed E-state index contributed by atoms with van der Waals surface area (Å²) in [5.41, 5.74) is 1.87. The van der Waals surface area contributed by atoms with E-state index in [9.17, 15) is 4.79 Å². The van der Waals surface area contributed by atoms with Gasteiger partial charge in [-0.1, -0.05) is 42.5 Å². The van der Waals surface area contributed by atoms with Gasteiger partial charge in [-0.15, -0.1) is 0 Å². The first kappa shape index (κ1) is 18.7. The number of rotatable bonds is 5. The predicted molar refractivity (Wildman–Crippen MR) is 109 cm³/mol. The molecule has 1 aliphatic rings. The molecule has 0 bridgehead atoms. The van der Waals surface area contributed by atoms with Gasteiger partial charge in [0.2, 0.25) is 0 Å². The van der Waals surface area contributed by atoms with Crippen LogP contribution in [0.5, 0.6) is 5.75 Å². The van der Waals surface area contributed by atoms with Gasteiger partial charge >= 0.3 is 0 Å². The van der Waals surface area contributed by atoms with Crippen molar-refractivity contribution in [1.29, 1.82) is 0 Å². The van der Waals surface area contributed by atoms with Crippen molar-refractivity contribution in [3.05, 3.63) is 70.2 Å². The van der Waals surface area contributed by atoms with Gasteiger partial charge in [-0.3, -0.25) is 9.69 Å². The average Bonchev–Trinajstić information content (AvgIpc) is 2.69. The fourth-order valence-electron chi connectivity index (χ4n) is 3.00. The van der Waals surface area contributed by atoms with Crippen LogP contribution < -0.4 is 4.74 Å². The molecule has 0 aromatic heterocycles. The number of piperazine rings is 1. The van der Waals surface area contributed by atoms with Gasteiger partial charge in [-0.2, -0.15) is 0 Å². The second-order valence-corrected chi connectivity index (χ2v) is 7.11. The van der Waals surface area contributed by atoms with E-state index < -0.39 is 0 Å². The van der Waals surface area contributed by atoms with Crippen LogP contribution in [0, 0.1) is 0 Å². The average molecular weight is 415 g/mol. The summed E-state index contributed by atoms with van der Waals surface area (Å²) in [6.45, 7) is 4.14. The van der Waals surface area contributed by atoms with Crippen LogP contribution in [0.2, 0.25) is 0 Å². The van der Waals surface area contributed by atoms with Gasteiger partial charge in [0.05, 0.1) is 12.7 Å². The maximum Gasteiger partial charge on any atom is 0.255 e. The molecule has 1 heterocycles. The van der Waals surface area contributed by atoms with E-state index in [0.717, 1.165) is 37.2 Å². The molecule has 5 heteroatoms. The van der Waals surface area contributed by atoms with Gasteiger partial charge in [-0.25, -0.2) is 0 Å². The molecule has 0 aliphatic carbocycles. The number of carbonyl (C=O) groups is 1. The molecule has 136 valence electrons. The predicted octanol–water partition coefficient (Wildman–Crippen LogP) is 3.93. The van der Waals surface area contributed by atoms with E-state index in [4.69, 9.17) is 4.74 Å². The topological polar surface area (TPSA) is 32.8 Å². The standard InChI is InChI=1S/C21H23BrN2O2/c1-26-18-9-10-20(22)19(16-18)21(25)24-14-12-23(13-15-24)11-5-8-17-6-3-2-4-7-17/h2-10,16H,11-15H2,1H3/b8-5+. The first-order chi connectivity index (χ1) is 12.7. The molecule has 4 nitrogen and oxygen atoms in total. The van der Waals surface area contributed by atoms with Crippen molar-refractivity contribution in [1.82, 2.24) is 9.80 Å². The Labute approximate surface area is 163 Å². The Hall–Kier alpha value is -2.11. The normalized spacial score (nSPS) is 15.4. The van der Waals surface area contributed by atoms with E-state index >= 15 is 0 Å². The van der Waals surface area contributed by atoms with Crippen molar-refractivity contribution in [2.24, 2.45) is 0 Å². The molecule has 0 unspecified atom stereocenters.